The maximum absolute atomic E-state index is 10.9. The summed E-state index contributed by atoms with van der Waals surface area (Å²) in [6, 6.07) is 6.04. The zero-order chi connectivity index (χ0) is 12.4. The summed E-state index contributed by atoms with van der Waals surface area (Å²) in [6.07, 6.45) is 0. The van der Waals surface area contributed by atoms with Gasteiger partial charge in [0.25, 0.3) is 0 Å². The van der Waals surface area contributed by atoms with Gasteiger partial charge in [0.2, 0.25) is 0 Å². The van der Waals surface area contributed by atoms with Crippen molar-refractivity contribution in [3.8, 4) is 11.3 Å². The quantitative estimate of drug-likeness (QED) is 0.870. The van der Waals surface area contributed by atoms with E-state index in [9.17, 15) is 9.59 Å². The van der Waals surface area contributed by atoms with Crippen LogP contribution in [0.1, 0.15) is 20.0 Å². The van der Waals surface area contributed by atoms with Gasteiger partial charge in [0.15, 0.2) is 0 Å². The minimum atomic E-state index is -1.07. The summed E-state index contributed by atoms with van der Waals surface area (Å²) in [5.74, 6) is -2.12. The van der Waals surface area contributed by atoms with Gasteiger partial charge in [0.05, 0.1) is 16.8 Å². The highest BCUT2D eigenvalue weighted by molar-refractivity contribution is 7.12. The lowest BCUT2D eigenvalue weighted by Crippen LogP contribution is -1.98. The standard InChI is InChI=1S/C11H7NO4S/c13-10(14)7-3-1-2-6(4-7)8-9(11(15)16)17-5-12-8/h1-5H,(H,13,14)(H,15,16). The Morgan fingerprint density at radius 2 is 1.94 bits per heavy atom. The van der Waals surface area contributed by atoms with Gasteiger partial charge in [-0.1, -0.05) is 12.1 Å². The number of carbonyl (C=O) groups is 2. The van der Waals surface area contributed by atoms with Crippen molar-refractivity contribution in [3.05, 3.63) is 40.2 Å². The molecule has 2 aromatic rings. The van der Waals surface area contributed by atoms with Crippen LogP contribution in [0.15, 0.2) is 29.8 Å². The van der Waals surface area contributed by atoms with E-state index in [2.05, 4.69) is 4.98 Å². The number of carboxylic acids is 2. The predicted octanol–water partition coefficient (Wildman–Crippen LogP) is 2.21. The third-order valence-electron chi connectivity index (χ3n) is 2.14. The molecule has 0 bridgehead atoms. The Labute approximate surface area is 100.0 Å². The first-order chi connectivity index (χ1) is 8.09. The van der Waals surface area contributed by atoms with Gasteiger partial charge in [-0.25, -0.2) is 14.6 Å². The third-order valence-corrected chi connectivity index (χ3v) is 2.96. The van der Waals surface area contributed by atoms with Crippen LogP contribution in [0, 0.1) is 0 Å². The van der Waals surface area contributed by atoms with Gasteiger partial charge in [0, 0.05) is 5.56 Å². The van der Waals surface area contributed by atoms with Gasteiger partial charge in [-0.3, -0.25) is 0 Å². The smallest absolute Gasteiger partial charge is 0.348 e. The summed E-state index contributed by atoms with van der Waals surface area (Å²) < 4.78 is 0. The van der Waals surface area contributed by atoms with Gasteiger partial charge in [-0.2, -0.15) is 0 Å². The Bertz CT molecular complexity index is 591. The largest absolute Gasteiger partial charge is 0.478 e. The van der Waals surface area contributed by atoms with E-state index in [1.165, 1.54) is 17.6 Å². The average Bonchev–Trinajstić information content (AvgIpc) is 2.78. The summed E-state index contributed by atoms with van der Waals surface area (Å²) in [5.41, 5.74) is 2.31. The molecule has 0 aliphatic carbocycles. The molecule has 6 heteroatoms. The van der Waals surface area contributed by atoms with Crippen LogP contribution in [0.3, 0.4) is 0 Å². The van der Waals surface area contributed by atoms with Crippen LogP contribution >= 0.6 is 11.3 Å². The first-order valence-electron chi connectivity index (χ1n) is 4.60. The maximum Gasteiger partial charge on any atom is 0.348 e. The Morgan fingerprint density at radius 3 is 2.59 bits per heavy atom. The fourth-order valence-electron chi connectivity index (χ4n) is 1.40. The Balaban J connectivity index is 2.53. The van der Waals surface area contributed by atoms with Crippen LogP contribution in [-0.4, -0.2) is 27.1 Å². The molecule has 5 nitrogen and oxygen atoms in total. The van der Waals surface area contributed by atoms with E-state index >= 15 is 0 Å². The minimum absolute atomic E-state index is 0.104. The average molecular weight is 249 g/mol. The number of aromatic nitrogens is 1. The van der Waals surface area contributed by atoms with Gasteiger partial charge in [0.1, 0.15) is 4.88 Å². The molecule has 1 heterocycles. The summed E-state index contributed by atoms with van der Waals surface area (Å²) in [7, 11) is 0. The number of nitrogens with zero attached hydrogens (tertiary/aromatic N) is 1. The van der Waals surface area contributed by atoms with E-state index in [-0.39, 0.29) is 10.4 Å². The van der Waals surface area contributed by atoms with Crippen molar-refractivity contribution in [1.82, 2.24) is 4.98 Å². The Morgan fingerprint density at radius 1 is 1.18 bits per heavy atom. The van der Waals surface area contributed by atoms with E-state index in [1.807, 2.05) is 0 Å². The van der Waals surface area contributed by atoms with Crippen molar-refractivity contribution in [2.24, 2.45) is 0 Å². The molecule has 0 aliphatic rings. The van der Waals surface area contributed by atoms with Crippen molar-refractivity contribution in [2.75, 3.05) is 0 Å². The van der Waals surface area contributed by atoms with Gasteiger partial charge < -0.3 is 10.2 Å². The molecule has 1 aromatic carbocycles. The van der Waals surface area contributed by atoms with E-state index in [1.54, 1.807) is 12.1 Å². The minimum Gasteiger partial charge on any atom is -0.478 e. The molecule has 0 radical (unpaired) electrons. The van der Waals surface area contributed by atoms with Gasteiger partial charge in [-0.15, -0.1) is 11.3 Å². The first-order valence-corrected chi connectivity index (χ1v) is 5.48. The van der Waals surface area contributed by atoms with E-state index in [0.29, 0.717) is 11.3 Å². The highest BCUT2D eigenvalue weighted by atomic mass is 32.1. The second-order valence-corrected chi connectivity index (χ2v) is 4.08. The number of hydrogen-bond acceptors (Lipinski definition) is 4. The van der Waals surface area contributed by atoms with Crippen LogP contribution in [0.4, 0.5) is 0 Å². The summed E-state index contributed by atoms with van der Waals surface area (Å²) in [5, 5.41) is 17.8. The molecule has 0 atom stereocenters. The highest BCUT2D eigenvalue weighted by Crippen LogP contribution is 2.26. The molecule has 86 valence electrons. The fraction of sp³-hybridized carbons (Fsp3) is 0. The summed E-state index contributed by atoms with van der Waals surface area (Å²) >= 11 is 1.01. The highest BCUT2D eigenvalue weighted by Gasteiger charge is 2.15. The lowest BCUT2D eigenvalue weighted by atomic mass is 10.1. The van der Waals surface area contributed by atoms with Crippen LogP contribution < -0.4 is 0 Å². The molecule has 0 aliphatic heterocycles. The lowest BCUT2D eigenvalue weighted by Gasteiger charge is -2.00. The van der Waals surface area contributed by atoms with Crippen LogP contribution in [0.25, 0.3) is 11.3 Å². The van der Waals surface area contributed by atoms with Crippen LogP contribution in [0.2, 0.25) is 0 Å². The molecule has 17 heavy (non-hydrogen) atoms. The zero-order valence-electron chi connectivity index (χ0n) is 8.45. The van der Waals surface area contributed by atoms with E-state index in [4.69, 9.17) is 10.2 Å². The second kappa shape index (κ2) is 4.34. The molecule has 1 aromatic heterocycles. The fourth-order valence-corrected chi connectivity index (χ4v) is 2.05. The normalized spacial score (nSPS) is 10.1. The molecular weight excluding hydrogens is 242 g/mol. The first kappa shape index (κ1) is 11.3. The molecule has 0 unspecified atom stereocenters. The van der Waals surface area contributed by atoms with Crippen molar-refractivity contribution in [2.45, 2.75) is 0 Å². The lowest BCUT2D eigenvalue weighted by molar-refractivity contribution is 0.0689. The SMILES string of the molecule is O=C(O)c1cccc(-c2ncsc2C(=O)O)c1. The molecule has 0 fully saturated rings. The van der Waals surface area contributed by atoms with Crippen molar-refractivity contribution >= 4 is 23.3 Å². The van der Waals surface area contributed by atoms with Crippen LogP contribution in [0.5, 0.6) is 0 Å². The molecule has 0 spiro atoms. The molecule has 2 rings (SSSR count). The predicted molar refractivity (Wildman–Crippen MR) is 61.5 cm³/mol. The van der Waals surface area contributed by atoms with E-state index in [0.717, 1.165) is 11.3 Å². The monoisotopic (exact) mass is 249 g/mol. The second-order valence-electron chi connectivity index (χ2n) is 3.22. The number of aromatic carboxylic acids is 2. The van der Waals surface area contributed by atoms with E-state index < -0.39 is 11.9 Å². The van der Waals surface area contributed by atoms with Crippen molar-refractivity contribution in [3.63, 3.8) is 0 Å². The maximum atomic E-state index is 10.9. The Hall–Kier alpha value is -2.21. The van der Waals surface area contributed by atoms with Crippen molar-refractivity contribution < 1.29 is 19.8 Å². The third kappa shape index (κ3) is 2.16. The number of rotatable bonds is 3. The molecular formula is C11H7NO4S. The van der Waals surface area contributed by atoms with Gasteiger partial charge >= 0.3 is 11.9 Å². The number of hydrogen-bond donors (Lipinski definition) is 2. The molecule has 2 N–H and O–H groups in total. The number of benzene rings is 1. The number of thiazole rings is 1. The zero-order valence-corrected chi connectivity index (χ0v) is 9.27. The molecule has 0 saturated heterocycles. The van der Waals surface area contributed by atoms with Crippen LogP contribution in [-0.2, 0) is 0 Å². The van der Waals surface area contributed by atoms with Crippen molar-refractivity contribution in [1.29, 1.82) is 0 Å². The summed E-state index contributed by atoms with van der Waals surface area (Å²) in [4.78, 5) is 25.8. The van der Waals surface area contributed by atoms with Gasteiger partial charge in [-0.05, 0) is 12.1 Å². The summed E-state index contributed by atoms with van der Waals surface area (Å²) in [6.45, 7) is 0. The molecule has 0 amide bonds. The topological polar surface area (TPSA) is 87.5 Å². The molecule has 0 saturated carbocycles. The number of carboxylic acid groups (broad SMARTS) is 2. The Kier molecular flexibility index (Phi) is 2.88.